The molecule has 0 aliphatic carbocycles. The van der Waals surface area contributed by atoms with E-state index in [1.165, 1.54) is 23.5 Å². The highest BCUT2D eigenvalue weighted by atomic mass is 127. The minimum atomic E-state index is -0.254. The average molecular weight is 306 g/mol. The van der Waals surface area contributed by atoms with Crippen LogP contribution in [0.15, 0.2) is 18.2 Å². The Morgan fingerprint density at radius 3 is 2.85 bits per heavy atom. The van der Waals surface area contributed by atoms with E-state index in [9.17, 15) is 9.18 Å². The van der Waals surface area contributed by atoms with Gasteiger partial charge in [0, 0.05) is 13.7 Å². The van der Waals surface area contributed by atoms with Crippen LogP contribution in [0, 0.1) is 9.39 Å². The maximum Gasteiger partial charge on any atom is 0.160 e. The second kappa shape index (κ2) is 3.34. The topological polar surface area (TPSA) is 17.1 Å². The molecule has 1 nitrogen and oxygen atoms in total. The van der Waals surface area contributed by atoms with Crippen LogP contribution < -0.4 is 0 Å². The van der Waals surface area contributed by atoms with Gasteiger partial charge in [-0.1, -0.05) is 0 Å². The number of aldehydes is 1. The molecule has 0 amide bonds. The Labute approximate surface area is 91.7 Å². The van der Waals surface area contributed by atoms with Gasteiger partial charge in [0.1, 0.15) is 5.82 Å². The van der Waals surface area contributed by atoms with Gasteiger partial charge in [-0.15, -0.1) is 11.3 Å². The largest absolute Gasteiger partial charge is 0.297 e. The third-order valence-electron chi connectivity index (χ3n) is 1.69. The van der Waals surface area contributed by atoms with E-state index >= 15 is 0 Å². The van der Waals surface area contributed by atoms with E-state index in [-0.39, 0.29) is 5.82 Å². The Bertz CT molecular complexity index is 478. The third-order valence-corrected chi connectivity index (χ3v) is 3.59. The molecule has 0 aliphatic rings. The number of fused-ring (bicyclic) bond motifs is 1. The van der Waals surface area contributed by atoms with Crippen molar-refractivity contribution in [1.82, 2.24) is 0 Å². The van der Waals surface area contributed by atoms with Crippen LogP contribution in [-0.2, 0) is 0 Å². The molecule has 0 spiro atoms. The van der Waals surface area contributed by atoms with Gasteiger partial charge in [0.05, 0.1) is 4.88 Å². The first-order valence-electron chi connectivity index (χ1n) is 3.54. The number of rotatable bonds is 1. The van der Waals surface area contributed by atoms with Gasteiger partial charge in [-0.25, -0.2) is 4.39 Å². The van der Waals surface area contributed by atoms with Gasteiger partial charge < -0.3 is 0 Å². The van der Waals surface area contributed by atoms with Crippen molar-refractivity contribution in [2.24, 2.45) is 0 Å². The number of halogens is 2. The van der Waals surface area contributed by atoms with Crippen molar-refractivity contribution < 1.29 is 9.18 Å². The van der Waals surface area contributed by atoms with Crippen molar-refractivity contribution in [3.8, 4) is 0 Å². The second-order valence-electron chi connectivity index (χ2n) is 2.57. The van der Waals surface area contributed by atoms with E-state index in [1.54, 1.807) is 6.07 Å². The summed E-state index contributed by atoms with van der Waals surface area (Å²) in [5, 5.41) is 0.953. The Balaban J connectivity index is 2.82. The van der Waals surface area contributed by atoms with E-state index < -0.39 is 0 Å². The number of carbonyl (C=O) groups excluding carboxylic acids is 1. The van der Waals surface area contributed by atoms with Crippen LogP contribution in [0.5, 0.6) is 0 Å². The molecule has 0 bridgehead atoms. The van der Waals surface area contributed by atoms with Crippen molar-refractivity contribution in [2.75, 3.05) is 0 Å². The molecule has 0 saturated carbocycles. The molecule has 2 aromatic rings. The van der Waals surface area contributed by atoms with Gasteiger partial charge in [-0.2, -0.15) is 0 Å². The second-order valence-corrected chi connectivity index (χ2v) is 4.84. The molecule has 0 aliphatic heterocycles. The summed E-state index contributed by atoms with van der Waals surface area (Å²) in [5.41, 5.74) is 0. The number of hydrogen-bond acceptors (Lipinski definition) is 2. The van der Waals surface area contributed by atoms with Crippen LogP contribution in [-0.4, -0.2) is 6.29 Å². The molecule has 1 heterocycles. The summed E-state index contributed by atoms with van der Waals surface area (Å²) in [6.07, 6.45) is 0.790. The predicted molar refractivity (Wildman–Crippen MR) is 59.9 cm³/mol. The summed E-state index contributed by atoms with van der Waals surface area (Å²) in [6, 6.07) is 4.70. The molecule has 66 valence electrons. The fourth-order valence-electron chi connectivity index (χ4n) is 1.14. The van der Waals surface area contributed by atoms with Crippen LogP contribution in [0.4, 0.5) is 4.39 Å². The van der Waals surface area contributed by atoms with Gasteiger partial charge in [-0.3, -0.25) is 4.79 Å². The summed E-state index contributed by atoms with van der Waals surface area (Å²) in [4.78, 5) is 11.1. The molecule has 0 fully saturated rings. The molecular formula is C9H4FIOS. The van der Waals surface area contributed by atoms with Crippen molar-refractivity contribution in [3.05, 3.63) is 32.5 Å². The summed E-state index contributed by atoms with van der Waals surface area (Å²) >= 11 is 3.38. The molecule has 0 radical (unpaired) electrons. The first-order valence-corrected chi connectivity index (χ1v) is 5.44. The highest BCUT2D eigenvalue weighted by Crippen LogP contribution is 2.29. The average Bonchev–Trinajstić information content (AvgIpc) is 2.47. The molecule has 1 aromatic heterocycles. The lowest BCUT2D eigenvalue weighted by molar-refractivity contribution is 0.112. The zero-order chi connectivity index (χ0) is 9.42. The van der Waals surface area contributed by atoms with Gasteiger partial charge in [0.2, 0.25) is 0 Å². The van der Waals surface area contributed by atoms with Crippen molar-refractivity contribution in [2.45, 2.75) is 0 Å². The number of carbonyl (C=O) groups is 1. The predicted octanol–water partition coefficient (Wildman–Crippen LogP) is 3.46. The summed E-state index contributed by atoms with van der Waals surface area (Å²) in [5.74, 6) is -0.254. The van der Waals surface area contributed by atoms with Crippen molar-refractivity contribution in [3.63, 3.8) is 0 Å². The lowest BCUT2D eigenvalue weighted by atomic mass is 10.2. The first kappa shape index (κ1) is 9.08. The molecule has 0 N–H and O–H groups in total. The van der Waals surface area contributed by atoms with Crippen molar-refractivity contribution >= 4 is 50.3 Å². The molecule has 2 rings (SSSR count). The number of hydrogen-bond donors (Lipinski definition) is 0. The monoisotopic (exact) mass is 306 g/mol. The van der Waals surface area contributed by atoms with Gasteiger partial charge in [-0.05, 0) is 40.8 Å². The minimum Gasteiger partial charge on any atom is -0.297 e. The molecule has 1 aromatic carbocycles. The maximum atomic E-state index is 12.9. The zero-order valence-electron chi connectivity index (χ0n) is 6.38. The fourth-order valence-corrected chi connectivity index (χ4v) is 3.00. The van der Waals surface area contributed by atoms with E-state index in [2.05, 4.69) is 22.6 Å². The van der Waals surface area contributed by atoms with E-state index in [0.717, 1.165) is 19.9 Å². The van der Waals surface area contributed by atoms with E-state index in [1.807, 2.05) is 0 Å². The third kappa shape index (κ3) is 1.60. The Morgan fingerprint density at radius 2 is 2.15 bits per heavy atom. The molecular weight excluding hydrogens is 302 g/mol. The standard InChI is InChI=1S/C9H4FIOS/c10-5-1-8(11)7-3-6(4-12)13-9(7)2-5/h1-4H. The van der Waals surface area contributed by atoms with Gasteiger partial charge in [0.25, 0.3) is 0 Å². The molecule has 13 heavy (non-hydrogen) atoms. The Hall–Kier alpha value is -0.490. The lowest BCUT2D eigenvalue weighted by Gasteiger charge is -1.93. The highest BCUT2D eigenvalue weighted by Gasteiger charge is 2.05. The molecule has 0 saturated heterocycles. The van der Waals surface area contributed by atoms with Crippen LogP contribution in [0.3, 0.4) is 0 Å². The van der Waals surface area contributed by atoms with Crippen molar-refractivity contribution in [1.29, 1.82) is 0 Å². The zero-order valence-corrected chi connectivity index (χ0v) is 9.36. The normalized spacial score (nSPS) is 10.6. The fraction of sp³-hybridized carbons (Fsp3) is 0. The van der Waals surface area contributed by atoms with E-state index in [4.69, 9.17) is 0 Å². The first-order chi connectivity index (χ1) is 6.20. The van der Waals surface area contributed by atoms with Crippen LogP contribution >= 0.6 is 33.9 Å². The Kier molecular flexibility index (Phi) is 2.33. The molecule has 0 atom stereocenters. The minimum absolute atomic E-state index is 0.254. The summed E-state index contributed by atoms with van der Waals surface area (Å²) in [7, 11) is 0. The van der Waals surface area contributed by atoms with Crippen LogP contribution in [0.1, 0.15) is 9.67 Å². The molecule has 0 unspecified atom stereocenters. The van der Waals surface area contributed by atoms with E-state index in [0.29, 0.717) is 4.88 Å². The maximum absolute atomic E-state index is 12.9. The van der Waals surface area contributed by atoms with Crippen LogP contribution in [0.25, 0.3) is 10.1 Å². The van der Waals surface area contributed by atoms with Gasteiger partial charge in [0.15, 0.2) is 6.29 Å². The smallest absolute Gasteiger partial charge is 0.160 e. The summed E-state index contributed by atoms with van der Waals surface area (Å²) in [6.45, 7) is 0. The van der Waals surface area contributed by atoms with Crippen LogP contribution in [0.2, 0.25) is 0 Å². The SMILES string of the molecule is O=Cc1cc2c(I)cc(F)cc2s1. The number of thiophene rings is 1. The highest BCUT2D eigenvalue weighted by molar-refractivity contribution is 14.1. The quantitative estimate of drug-likeness (QED) is 0.582. The van der Waals surface area contributed by atoms with Gasteiger partial charge >= 0.3 is 0 Å². The number of benzene rings is 1. The lowest BCUT2D eigenvalue weighted by Crippen LogP contribution is -1.76. The Morgan fingerprint density at radius 1 is 1.38 bits per heavy atom. The molecule has 4 heteroatoms. The summed E-state index contributed by atoms with van der Waals surface area (Å²) < 4.78 is 14.6.